The second-order valence-electron chi connectivity index (χ2n) is 5.19. The van der Waals surface area contributed by atoms with Crippen LogP contribution in [0.1, 0.15) is 23.5 Å². The minimum atomic E-state index is -0.103. The van der Waals surface area contributed by atoms with Crippen LogP contribution in [-0.4, -0.2) is 25.2 Å². The summed E-state index contributed by atoms with van der Waals surface area (Å²) in [6.45, 7) is 0. The van der Waals surface area contributed by atoms with Gasteiger partial charge in [0, 0.05) is 18.0 Å². The normalized spacial score (nSPS) is 16.6. The van der Waals surface area contributed by atoms with Crippen molar-refractivity contribution in [3.8, 4) is 17.2 Å². The van der Waals surface area contributed by atoms with Gasteiger partial charge in [-0.05, 0) is 41.5 Å². The van der Waals surface area contributed by atoms with E-state index in [1.54, 1.807) is 19.2 Å². The van der Waals surface area contributed by atoms with Gasteiger partial charge in [0.15, 0.2) is 11.5 Å². The molecule has 1 unspecified atom stereocenters. The number of benzene rings is 2. The van der Waals surface area contributed by atoms with Crippen LogP contribution in [0.15, 0.2) is 36.4 Å². The first kappa shape index (κ1) is 14.3. The van der Waals surface area contributed by atoms with Crippen LogP contribution >= 0.6 is 0 Å². The number of aromatic hydroxyl groups is 1. The maximum absolute atomic E-state index is 12.0. The van der Waals surface area contributed by atoms with Crippen LogP contribution in [0.3, 0.4) is 0 Å². The highest BCUT2D eigenvalue weighted by Crippen LogP contribution is 2.41. The van der Waals surface area contributed by atoms with E-state index in [0.29, 0.717) is 12.2 Å². The third-order valence-corrected chi connectivity index (χ3v) is 3.90. The molecule has 1 aliphatic rings. The van der Waals surface area contributed by atoms with Crippen molar-refractivity contribution in [2.45, 2.75) is 12.3 Å². The summed E-state index contributed by atoms with van der Waals surface area (Å²) in [4.78, 5) is 12.0. The second kappa shape index (κ2) is 5.60. The van der Waals surface area contributed by atoms with Crippen molar-refractivity contribution < 1.29 is 19.4 Å². The van der Waals surface area contributed by atoms with Crippen molar-refractivity contribution in [3.05, 3.63) is 47.5 Å². The molecule has 2 aromatic rings. The van der Waals surface area contributed by atoms with Crippen molar-refractivity contribution in [3.63, 3.8) is 0 Å². The van der Waals surface area contributed by atoms with Gasteiger partial charge in [0.1, 0.15) is 5.75 Å². The Bertz CT molecular complexity index is 727. The molecule has 0 fully saturated rings. The molecule has 5 heteroatoms. The largest absolute Gasteiger partial charge is 0.504 e. The number of methoxy groups -OCH3 is 2. The highest BCUT2D eigenvalue weighted by atomic mass is 16.5. The van der Waals surface area contributed by atoms with E-state index in [1.807, 2.05) is 24.3 Å². The van der Waals surface area contributed by atoms with Crippen LogP contribution in [0.2, 0.25) is 0 Å². The summed E-state index contributed by atoms with van der Waals surface area (Å²) in [5.41, 5.74) is 2.69. The monoisotopic (exact) mass is 299 g/mol. The standard InChI is InChI=1S/C17H17NO4/c1-21-11-4-5-14-13(8-11)12(9-17(20)18-14)10-3-6-15(19)16(7-10)22-2/h3-8,12,19H,9H2,1-2H3,(H,18,20). The smallest absolute Gasteiger partial charge is 0.225 e. The average Bonchev–Trinajstić information content (AvgIpc) is 2.54. The predicted octanol–water partition coefficient (Wildman–Crippen LogP) is 2.88. The van der Waals surface area contributed by atoms with Crippen LogP contribution in [0, 0.1) is 0 Å². The van der Waals surface area contributed by atoms with Crippen molar-refractivity contribution in [2.24, 2.45) is 0 Å². The number of fused-ring (bicyclic) bond motifs is 1. The van der Waals surface area contributed by atoms with E-state index in [-0.39, 0.29) is 17.6 Å². The van der Waals surface area contributed by atoms with Crippen molar-refractivity contribution in [2.75, 3.05) is 19.5 Å². The van der Waals surface area contributed by atoms with Gasteiger partial charge in [0.25, 0.3) is 0 Å². The predicted molar refractivity (Wildman–Crippen MR) is 82.7 cm³/mol. The molecule has 0 aromatic heterocycles. The zero-order valence-electron chi connectivity index (χ0n) is 12.4. The number of carbonyl (C=O) groups is 1. The number of hydrogen-bond donors (Lipinski definition) is 2. The molecule has 0 spiro atoms. The first-order chi connectivity index (χ1) is 10.6. The van der Waals surface area contributed by atoms with Crippen LogP contribution in [0.5, 0.6) is 17.2 Å². The van der Waals surface area contributed by atoms with Crippen molar-refractivity contribution in [1.82, 2.24) is 0 Å². The van der Waals surface area contributed by atoms with E-state index in [4.69, 9.17) is 9.47 Å². The highest BCUT2D eigenvalue weighted by Gasteiger charge is 2.27. The summed E-state index contributed by atoms with van der Waals surface area (Å²) in [7, 11) is 3.12. The van der Waals surface area contributed by atoms with Gasteiger partial charge in [-0.25, -0.2) is 0 Å². The summed E-state index contributed by atoms with van der Waals surface area (Å²) < 4.78 is 10.4. The molecule has 1 aliphatic heterocycles. The number of carbonyl (C=O) groups excluding carboxylic acids is 1. The molecule has 0 saturated heterocycles. The molecule has 1 heterocycles. The zero-order valence-corrected chi connectivity index (χ0v) is 12.4. The Morgan fingerprint density at radius 2 is 1.95 bits per heavy atom. The number of hydrogen-bond acceptors (Lipinski definition) is 4. The van der Waals surface area contributed by atoms with E-state index in [0.717, 1.165) is 22.6 Å². The fourth-order valence-corrected chi connectivity index (χ4v) is 2.77. The summed E-state index contributed by atoms with van der Waals surface area (Å²) in [5, 5.41) is 12.6. The maximum Gasteiger partial charge on any atom is 0.225 e. The molecule has 0 bridgehead atoms. The highest BCUT2D eigenvalue weighted by molar-refractivity contribution is 5.95. The summed E-state index contributed by atoms with van der Waals surface area (Å²) >= 11 is 0. The van der Waals surface area contributed by atoms with Gasteiger partial charge in [-0.1, -0.05) is 6.07 Å². The topological polar surface area (TPSA) is 67.8 Å². The fraction of sp³-hybridized carbons (Fsp3) is 0.235. The molecule has 114 valence electrons. The van der Waals surface area contributed by atoms with Gasteiger partial charge in [0.2, 0.25) is 5.91 Å². The van der Waals surface area contributed by atoms with Gasteiger partial charge in [-0.2, -0.15) is 0 Å². The molecule has 2 N–H and O–H groups in total. The Morgan fingerprint density at radius 1 is 1.14 bits per heavy atom. The Balaban J connectivity index is 2.09. The lowest BCUT2D eigenvalue weighted by molar-refractivity contribution is -0.116. The molecule has 1 amide bonds. The zero-order chi connectivity index (χ0) is 15.7. The summed E-state index contributed by atoms with van der Waals surface area (Å²) in [5.74, 6) is 1.08. The van der Waals surface area contributed by atoms with Crippen molar-refractivity contribution >= 4 is 11.6 Å². The van der Waals surface area contributed by atoms with E-state index >= 15 is 0 Å². The van der Waals surface area contributed by atoms with E-state index in [2.05, 4.69) is 5.32 Å². The lowest BCUT2D eigenvalue weighted by Crippen LogP contribution is -2.23. The summed E-state index contributed by atoms with van der Waals surface area (Å²) in [6, 6.07) is 10.8. The molecule has 22 heavy (non-hydrogen) atoms. The van der Waals surface area contributed by atoms with Gasteiger partial charge in [-0.15, -0.1) is 0 Å². The van der Waals surface area contributed by atoms with E-state index in [9.17, 15) is 9.90 Å². The third kappa shape index (κ3) is 2.45. The van der Waals surface area contributed by atoms with Gasteiger partial charge >= 0.3 is 0 Å². The number of anilines is 1. The number of amides is 1. The molecule has 0 aliphatic carbocycles. The lowest BCUT2D eigenvalue weighted by atomic mass is 9.84. The Labute approximate surface area is 128 Å². The maximum atomic E-state index is 12.0. The number of phenolic OH excluding ortho intramolecular Hbond substituents is 1. The summed E-state index contributed by atoms with van der Waals surface area (Å²) in [6.07, 6.45) is 0.341. The SMILES string of the molecule is COc1ccc2c(c1)C(c1ccc(O)c(OC)c1)CC(=O)N2. The second-order valence-corrected chi connectivity index (χ2v) is 5.19. The minimum absolute atomic E-state index is 0.0327. The van der Waals surface area contributed by atoms with Gasteiger partial charge in [-0.3, -0.25) is 4.79 Å². The average molecular weight is 299 g/mol. The Hall–Kier alpha value is -2.69. The van der Waals surface area contributed by atoms with Crippen LogP contribution < -0.4 is 14.8 Å². The minimum Gasteiger partial charge on any atom is -0.504 e. The Kier molecular flexibility index (Phi) is 3.63. The lowest BCUT2D eigenvalue weighted by Gasteiger charge is -2.26. The first-order valence-corrected chi connectivity index (χ1v) is 6.97. The van der Waals surface area contributed by atoms with Crippen LogP contribution in [-0.2, 0) is 4.79 Å². The number of ether oxygens (including phenoxy) is 2. The quantitative estimate of drug-likeness (QED) is 0.914. The molecule has 2 aromatic carbocycles. The van der Waals surface area contributed by atoms with Crippen molar-refractivity contribution in [1.29, 1.82) is 0 Å². The molecule has 3 rings (SSSR count). The molecular weight excluding hydrogens is 282 g/mol. The molecule has 5 nitrogen and oxygen atoms in total. The molecule has 0 saturated carbocycles. The van der Waals surface area contributed by atoms with E-state index in [1.165, 1.54) is 7.11 Å². The van der Waals surface area contributed by atoms with Crippen LogP contribution in [0.25, 0.3) is 0 Å². The number of phenols is 1. The fourth-order valence-electron chi connectivity index (χ4n) is 2.77. The van der Waals surface area contributed by atoms with Gasteiger partial charge < -0.3 is 19.9 Å². The molecule has 1 atom stereocenters. The van der Waals surface area contributed by atoms with Gasteiger partial charge in [0.05, 0.1) is 14.2 Å². The third-order valence-electron chi connectivity index (χ3n) is 3.90. The number of nitrogens with one attached hydrogen (secondary N) is 1. The molecule has 0 radical (unpaired) electrons. The number of rotatable bonds is 3. The van der Waals surface area contributed by atoms with E-state index < -0.39 is 0 Å². The van der Waals surface area contributed by atoms with Crippen LogP contribution in [0.4, 0.5) is 5.69 Å². The molecular formula is C17H17NO4. The first-order valence-electron chi connectivity index (χ1n) is 6.97. The Morgan fingerprint density at radius 3 is 2.68 bits per heavy atom.